The molecular formula is C17H20B3N5O6. The summed E-state index contributed by atoms with van der Waals surface area (Å²) in [5.41, 5.74) is -1.87. The fraction of sp³-hybridized carbons (Fsp3) is 0.471. The third-order valence-electron chi connectivity index (χ3n) is 5.45. The number of hydrogen-bond donors (Lipinski definition) is 6. The molecule has 0 spiro atoms. The molecule has 2 heterocycles. The van der Waals surface area contributed by atoms with Gasteiger partial charge < -0.3 is 36.0 Å². The number of aliphatic hydroxyl groups is 5. The van der Waals surface area contributed by atoms with E-state index in [-0.39, 0.29) is 5.82 Å². The maximum absolute atomic E-state index is 10.5. The minimum Gasteiger partial charge on any atom is -0.501 e. The first kappa shape index (κ1) is 23.3. The van der Waals surface area contributed by atoms with Crippen molar-refractivity contribution in [1.82, 2.24) is 19.7 Å². The summed E-state index contributed by atoms with van der Waals surface area (Å²) >= 11 is 0. The van der Waals surface area contributed by atoms with E-state index in [2.05, 4.69) is 15.1 Å². The first-order valence-electron chi connectivity index (χ1n) is 9.19. The minimum atomic E-state index is -3.53. The third kappa shape index (κ3) is 3.44. The molecule has 1 aliphatic carbocycles. The molecular weight excluding hydrogens is 403 g/mol. The fourth-order valence-corrected chi connectivity index (χ4v) is 3.50. The van der Waals surface area contributed by atoms with E-state index in [9.17, 15) is 25.5 Å². The summed E-state index contributed by atoms with van der Waals surface area (Å²) in [6.45, 7) is 1.82. The zero-order valence-corrected chi connectivity index (χ0v) is 16.6. The maximum Gasteiger partial charge on any atom is 0.206 e. The van der Waals surface area contributed by atoms with Crippen molar-refractivity contribution in [2.45, 2.75) is 35.8 Å². The van der Waals surface area contributed by atoms with Gasteiger partial charge in [0.05, 0.1) is 41.3 Å². The van der Waals surface area contributed by atoms with Gasteiger partial charge in [0.15, 0.2) is 0 Å². The van der Waals surface area contributed by atoms with E-state index in [4.69, 9.17) is 34.0 Å². The van der Waals surface area contributed by atoms with Crippen LogP contribution in [0.5, 0.6) is 0 Å². The number of ether oxygens (including phenoxy) is 1. The summed E-state index contributed by atoms with van der Waals surface area (Å²) < 4.78 is 6.38. The van der Waals surface area contributed by atoms with E-state index < -0.39 is 34.8 Å². The van der Waals surface area contributed by atoms with Crippen LogP contribution in [0.15, 0.2) is 25.0 Å². The van der Waals surface area contributed by atoms with Gasteiger partial charge in [-0.25, -0.2) is 9.97 Å². The van der Waals surface area contributed by atoms with Crippen molar-refractivity contribution >= 4 is 35.4 Å². The first-order valence-corrected chi connectivity index (χ1v) is 9.19. The Hall–Kier alpha value is -2.38. The van der Waals surface area contributed by atoms with Crippen molar-refractivity contribution in [3.8, 4) is 11.3 Å². The first-order chi connectivity index (χ1) is 14.3. The Bertz CT molecular complexity index is 968. The third-order valence-corrected chi connectivity index (χ3v) is 5.45. The molecule has 2 aromatic heterocycles. The van der Waals surface area contributed by atoms with Crippen molar-refractivity contribution < 1.29 is 30.3 Å². The van der Waals surface area contributed by atoms with E-state index in [1.807, 2.05) is 6.92 Å². The molecule has 0 aliphatic heterocycles. The second-order valence-electron chi connectivity index (χ2n) is 7.37. The molecule has 0 aromatic carbocycles. The number of nitrogens with zero attached hydrogens (tertiary/aromatic N) is 4. The Balaban J connectivity index is 1.96. The zero-order chi connectivity index (χ0) is 23.2. The summed E-state index contributed by atoms with van der Waals surface area (Å²) in [7, 11) is 16.7. The highest BCUT2D eigenvalue weighted by Gasteiger charge is 2.75. The summed E-state index contributed by atoms with van der Waals surface area (Å²) in [5, 5.41) is 55.3. The van der Waals surface area contributed by atoms with Crippen molar-refractivity contribution in [2.24, 2.45) is 5.92 Å². The molecule has 14 heteroatoms. The summed E-state index contributed by atoms with van der Waals surface area (Å²) in [6.07, 6.45) is 7.14. The fourth-order valence-electron chi connectivity index (χ4n) is 3.50. The topological polar surface area (TPSA) is 180 Å². The highest BCUT2D eigenvalue weighted by molar-refractivity contribution is 6.29. The molecule has 0 bridgehead atoms. The van der Waals surface area contributed by atoms with E-state index in [0.717, 1.165) is 0 Å². The molecule has 11 nitrogen and oxygen atoms in total. The van der Waals surface area contributed by atoms with Crippen LogP contribution in [-0.2, 0) is 11.3 Å². The predicted octanol–water partition coefficient (Wildman–Crippen LogP) is -3.19. The van der Waals surface area contributed by atoms with Gasteiger partial charge in [0.1, 0.15) is 35.7 Å². The molecule has 158 valence electrons. The van der Waals surface area contributed by atoms with Crippen molar-refractivity contribution in [3.05, 3.63) is 30.5 Å². The van der Waals surface area contributed by atoms with Gasteiger partial charge in [-0.05, 0) is 13.0 Å². The van der Waals surface area contributed by atoms with Gasteiger partial charge in [-0.3, -0.25) is 4.68 Å². The highest BCUT2D eigenvalue weighted by Crippen LogP contribution is 2.51. The van der Waals surface area contributed by atoms with Gasteiger partial charge in [-0.15, -0.1) is 0 Å². The normalized spacial score (nSPS) is 32.5. The van der Waals surface area contributed by atoms with Crippen LogP contribution in [-0.4, -0.2) is 97.7 Å². The van der Waals surface area contributed by atoms with Gasteiger partial charge in [-0.2, -0.15) is 5.10 Å². The lowest BCUT2D eigenvalue weighted by Gasteiger charge is -2.41. The number of hydrogen-bond acceptors (Lipinski definition) is 10. The second kappa shape index (κ2) is 7.64. The zero-order valence-electron chi connectivity index (χ0n) is 16.6. The SMILES string of the molecule is [B]C1(O)C(Cn2cc(-c3ncnc(N)c3/C=C/OCC)cn2)C([B])(O)C(O)(O)C1([B])O. The quantitative estimate of drug-likeness (QED) is 0.158. The predicted molar refractivity (Wildman–Crippen MR) is 111 cm³/mol. The smallest absolute Gasteiger partial charge is 0.206 e. The van der Waals surface area contributed by atoms with Crippen LogP contribution in [0.1, 0.15) is 12.5 Å². The summed E-state index contributed by atoms with van der Waals surface area (Å²) in [4.78, 5) is 8.14. The Morgan fingerprint density at radius 1 is 1.16 bits per heavy atom. The molecule has 4 unspecified atom stereocenters. The largest absolute Gasteiger partial charge is 0.501 e. The van der Waals surface area contributed by atoms with E-state index in [1.54, 1.807) is 6.08 Å². The monoisotopic (exact) mass is 423 g/mol. The molecule has 1 aliphatic rings. The molecule has 6 radical (unpaired) electrons. The van der Waals surface area contributed by atoms with Crippen LogP contribution < -0.4 is 5.73 Å². The number of rotatable bonds is 6. The van der Waals surface area contributed by atoms with Gasteiger partial charge in [-0.1, -0.05) is 0 Å². The van der Waals surface area contributed by atoms with Crippen LogP contribution in [0.3, 0.4) is 0 Å². The van der Waals surface area contributed by atoms with Crippen LogP contribution >= 0.6 is 0 Å². The Kier molecular flexibility index (Phi) is 5.74. The van der Waals surface area contributed by atoms with Crippen molar-refractivity contribution in [2.75, 3.05) is 12.3 Å². The van der Waals surface area contributed by atoms with Gasteiger partial charge in [0.25, 0.3) is 0 Å². The van der Waals surface area contributed by atoms with E-state index >= 15 is 0 Å². The summed E-state index contributed by atoms with van der Waals surface area (Å²) in [6, 6.07) is 0. The molecule has 3 rings (SSSR count). The van der Waals surface area contributed by atoms with Crippen molar-refractivity contribution in [3.63, 3.8) is 0 Å². The lowest BCUT2D eigenvalue weighted by molar-refractivity contribution is -0.289. The summed E-state index contributed by atoms with van der Waals surface area (Å²) in [5.74, 6) is -5.08. The molecule has 31 heavy (non-hydrogen) atoms. The molecule has 0 amide bonds. The Labute approximate surface area is 181 Å². The van der Waals surface area contributed by atoms with Crippen LogP contribution in [0.25, 0.3) is 17.3 Å². The van der Waals surface area contributed by atoms with E-state index in [0.29, 0.717) is 23.4 Å². The minimum absolute atomic E-state index is 0.190. The molecule has 0 saturated heterocycles. The van der Waals surface area contributed by atoms with Gasteiger partial charge >= 0.3 is 0 Å². The average molecular weight is 423 g/mol. The highest BCUT2D eigenvalue weighted by atomic mass is 16.6. The average Bonchev–Trinajstić information content (AvgIpc) is 3.17. The lowest BCUT2D eigenvalue weighted by atomic mass is 9.57. The van der Waals surface area contributed by atoms with Crippen molar-refractivity contribution in [1.29, 1.82) is 0 Å². The van der Waals surface area contributed by atoms with Gasteiger partial charge in [0.2, 0.25) is 5.79 Å². The molecule has 1 fully saturated rings. The molecule has 4 atom stereocenters. The standard InChI is InChI=1S/C17H20B3N5O6/c1-2-31-4-3-10-12(22-8-23-13(10)21)9-5-24-25(6-9)7-11-14(18,26)16(20,28)17(29,30)15(11,19)27/h3-6,8,11,26-30H,2,7H2,1H3,(H2,21,22,23)/b4-3+. The second-order valence-corrected chi connectivity index (χ2v) is 7.37. The number of nitrogen functional groups attached to an aromatic ring is 1. The number of nitrogens with two attached hydrogens (primary N) is 1. The Morgan fingerprint density at radius 3 is 2.42 bits per heavy atom. The van der Waals surface area contributed by atoms with Crippen LogP contribution in [0.2, 0.25) is 0 Å². The lowest BCUT2D eigenvalue weighted by Crippen LogP contribution is -2.67. The van der Waals surface area contributed by atoms with Gasteiger partial charge in [0, 0.05) is 29.8 Å². The maximum atomic E-state index is 10.5. The van der Waals surface area contributed by atoms with Crippen LogP contribution in [0, 0.1) is 5.92 Å². The molecule has 2 aromatic rings. The number of anilines is 1. The molecule has 1 saturated carbocycles. The number of aromatic nitrogens is 4. The van der Waals surface area contributed by atoms with Crippen LogP contribution in [0.4, 0.5) is 5.82 Å². The van der Waals surface area contributed by atoms with E-state index in [1.165, 1.54) is 29.7 Å². The molecule has 7 N–H and O–H groups in total. The Morgan fingerprint density at radius 2 is 1.84 bits per heavy atom.